The number of dihydropyridines is 1. The fourth-order valence-corrected chi connectivity index (χ4v) is 3.21. The molecule has 23 heavy (non-hydrogen) atoms. The third-order valence-corrected chi connectivity index (χ3v) is 4.50. The molecule has 0 atom stereocenters. The van der Waals surface area contributed by atoms with Gasteiger partial charge < -0.3 is 10.6 Å². The van der Waals surface area contributed by atoms with Crippen LogP contribution >= 0.6 is 15.9 Å². The summed E-state index contributed by atoms with van der Waals surface area (Å²) in [4.78, 5) is 8.96. The summed E-state index contributed by atoms with van der Waals surface area (Å²) in [5.41, 5.74) is 2.79. The van der Waals surface area contributed by atoms with Gasteiger partial charge >= 0.3 is 0 Å². The van der Waals surface area contributed by atoms with E-state index in [1.165, 1.54) is 12.8 Å². The lowest BCUT2D eigenvalue weighted by atomic mass is 10.1. The first-order valence-corrected chi connectivity index (χ1v) is 8.52. The summed E-state index contributed by atoms with van der Waals surface area (Å²) in [7, 11) is 0. The van der Waals surface area contributed by atoms with Crippen LogP contribution in [0.1, 0.15) is 36.9 Å². The molecule has 0 saturated heterocycles. The standard InChI is InChI=1S/C17H18BrN5/c1-11-10-20-17(21-12-5-2-3-6-12)23-16(11)13(9-19)14-7-4-8-15(18)22-14/h4,7-8,10,12,22H,2-3,5-6H2,1H3,(H,20,21,23). The summed E-state index contributed by atoms with van der Waals surface area (Å²) < 4.78 is 0.818. The van der Waals surface area contributed by atoms with Crippen molar-refractivity contribution in [3.05, 3.63) is 46.0 Å². The van der Waals surface area contributed by atoms with Crippen LogP contribution in [0.25, 0.3) is 5.57 Å². The van der Waals surface area contributed by atoms with Gasteiger partial charge in [-0.1, -0.05) is 18.9 Å². The third kappa shape index (κ3) is 3.62. The smallest absolute Gasteiger partial charge is 0.223 e. The third-order valence-electron chi connectivity index (χ3n) is 4.04. The van der Waals surface area contributed by atoms with Crippen molar-refractivity contribution in [2.75, 3.05) is 5.32 Å². The first-order chi connectivity index (χ1) is 11.2. The largest absolute Gasteiger partial charge is 0.351 e. The highest BCUT2D eigenvalue weighted by Gasteiger charge is 2.18. The molecule has 3 rings (SSSR count). The number of rotatable bonds is 3. The van der Waals surface area contributed by atoms with Crippen LogP contribution in [-0.2, 0) is 0 Å². The van der Waals surface area contributed by atoms with Crippen LogP contribution in [0.3, 0.4) is 0 Å². The molecule has 1 saturated carbocycles. The summed E-state index contributed by atoms with van der Waals surface area (Å²) in [6.45, 7) is 1.92. The zero-order chi connectivity index (χ0) is 16.2. The highest BCUT2D eigenvalue weighted by Crippen LogP contribution is 2.25. The maximum Gasteiger partial charge on any atom is 0.223 e. The number of hydrogen-bond acceptors (Lipinski definition) is 5. The number of allylic oxidation sites excluding steroid dienone is 4. The normalized spacial score (nSPS) is 19.8. The molecular formula is C17H18BrN5. The second-order valence-corrected chi connectivity index (χ2v) is 6.60. The first kappa shape index (κ1) is 15.8. The predicted octanol–water partition coefficient (Wildman–Crippen LogP) is 3.77. The highest BCUT2D eigenvalue weighted by atomic mass is 79.9. The molecule has 1 aromatic rings. The minimum Gasteiger partial charge on any atom is -0.351 e. The van der Waals surface area contributed by atoms with Gasteiger partial charge in [-0.25, -0.2) is 9.97 Å². The van der Waals surface area contributed by atoms with Crippen LogP contribution in [-0.4, -0.2) is 16.0 Å². The van der Waals surface area contributed by atoms with Crippen molar-refractivity contribution in [1.29, 1.82) is 5.26 Å². The van der Waals surface area contributed by atoms with Crippen molar-refractivity contribution >= 4 is 27.5 Å². The SMILES string of the molecule is Cc1cnc(NC2CCCC2)nc1C(C#N)=C1C=CC=C(Br)N1. The number of halogens is 1. The van der Waals surface area contributed by atoms with Gasteiger partial charge in [-0.05, 0) is 53.4 Å². The monoisotopic (exact) mass is 371 g/mol. The van der Waals surface area contributed by atoms with E-state index in [9.17, 15) is 5.26 Å². The Kier molecular flexibility index (Phi) is 4.77. The molecular weight excluding hydrogens is 354 g/mol. The Hall–Kier alpha value is -2.13. The molecule has 1 aromatic heterocycles. The molecule has 0 bridgehead atoms. The van der Waals surface area contributed by atoms with Crippen molar-refractivity contribution in [2.24, 2.45) is 0 Å². The quantitative estimate of drug-likeness (QED) is 0.624. The van der Waals surface area contributed by atoms with Crippen molar-refractivity contribution < 1.29 is 0 Å². The molecule has 1 fully saturated rings. The van der Waals surface area contributed by atoms with Crippen molar-refractivity contribution in [2.45, 2.75) is 38.6 Å². The van der Waals surface area contributed by atoms with E-state index in [2.05, 4.69) is 42.6 Å². The number of anilines is 1. The van der Waals surface area contributed by atoms with Crippen LogP contribution < -0.4 is 10.6 Å². The minimum absolute atomic E-state index is 0.438. The van der Waals surface area contributed by atoms with Crippen LogP contribution in [0, 0.1) is 18.3 Å². The average Bonchev–Trinajstić information content (AvgIpc) is 3.04. The van der Waals surface area contributed by atoms with E-state index in [-0.39, 0.29) is 0 Å². The van der Waals surface area contributed by atoms with Crippen LogP contribution in [0.2, 0.25) is 0 Å². The summed E-state index contributed by atoms with van der Waals surface area (Å²) in [5.74, 6) is 0.597. The summed E-state index contributed by atoms with van der Waals surface area (Å²) in [6, 6.07) is 2.71. The van der Waals surface area contributed by atoms with Gasteiger partial charge in [-0.3, -0.25) is 0 Å². The molecule has 0 unspecified atom stereocenters. The molecule has 2 N–H and O–H groups in total. The van der Waals surface area contributed by atoms with Gasteiger partial charge in [-0.15, -0.1) is 0 Å². The molecule has 5 nitrogen and oxygen atoms in total. The van der Waals surface area contributed by atoms with Gasteiger partial charge in [0.25, 0.3) is 0 Å². The summed E-state index contributed by atoms with van der Waals surface area (Å²) >= 11 is 3.40. The van der Waals surface area contributed by atoms with Gasteiger partial charge in [-0.2, -0.15) is 5.26 Å². The summed E-state index contributed by atoms with van der Waals surface area (Å²) in [6.07, 6.45) is 12.2. The average molecular weight is 372 g/mol. The fourth-order valence-electron chi connectivity index (χ4n) is 2.84. The van der Waals surface area contributed by atoms with E-state index in [1.54, 1.807) is 6.20 Å². The number of aryl methyl sites for hydroxylation is 1. The zero-order valence-electron chi connectivity index (χ0n) is 12.9. The van der Waals surface area contributed by atoms with Crippen LogP contribution in [0.4, 0.5) is 5.95 Å². The van der Waals surface area contributed by atoms with E-state index < -0.39 is 0 Å². The number of nitrogens with zero attached hydrogens (tertiary/aromatic N) is 3. The molecule has 6 heteroatoms. The lowest BCUT2D eigenvalue weighted by Gasteiger charge is -2.15. The fraction of sp³-hybridized carbons (Fsp3) is 0.353. The van der Waals surface area contributed by atoms with Gasteiger partial charge in [0.2, 0.25) is 5.95 Å². The van der Waals surface area contributed by atoms with Crippen LogP contribution in [0.15, 0.2) is 34.7 Å². The second-order valence-electron chi connectivity index (χ2n) is 5.75. The second kappa shape index (κ2) is 6.97. The van der Waals surface area contributed by atoms with Crippen molar-refractivity contribution in [3.63, 3.8) is 0 Å². The molecule has 0 radical (unpaired) electrons. The lowest BCUT2D eigenvalue weighted by Crippen LogP contribution is -2.18. The minimum atomic E-state index is 0.438. The summed E-state index contributed by atoms with van der Waals surface area (Å²) in [5, 5.41) is 16.2. The first-order valence-electron chi connectivity index (χ1n) is 7.73. The molecule has 2 aliphatic rings. The number of aromatic nitrogens is 2. The molecule has 1 aliphatic heterocycles. The topological polar surface area (TPSA) is 73.6 Å². The van der Waals surface area contributed by atoms with E-state index in [0.29, 0.717) is 23.3 Å². The zero-order valence-corrected chi connectivity index (χ0v) is 14.5. The molecule has 0 amide bonds. The van der Waals surface area contributed by atoms with E-state index in [0.717, 1.165) is 28.7 Å². The maximum absolute atomic E-state index is 9.62. The predicted molar refractivity (Wildman–Crippen MR) is 94.5 cm³/mol. The van der Waals surface area contributed by atoms with Crippen molar-refractivity contribution in [1.82, 2.24) is 15.3 Å². The molecule has 0 spiro atoms. The Morgan fingerprint density at radius 2 is 2.22 bits per heavy atom. The Morgan fingerprint density at radius 1 is 1.43 bits per heavy atom. The van der Waals surface area contributed by atoms with Gasteiger partial charge in [0.05, 0.1) is 16.0 Å². The molecule has 0 aromatic carbocycles. The number of nitrogens with one attached hydrogen (secondary N) is 2. The lowest BCUT2D eigenvalue weighted by molar-refractivity contribution is 0.743. The molecule has 118 valence electrons. The van der Waals surface area contributed by atoms with Gasteiger partial charge in [0, 0.05) is 12.2 Å². The Labute approximate surface area is 144 Å². The molecule has 2 heterocycles. The van der Waals surface area contributed by atoms with E-state index >= 15 is 0 Å². The van der Waals surface area contributed by atoms with Crippen LogP contribution in [0.5, 0.6) is 0 Å². The van der Waals surface area contributed by atoms with Crippen molar-refractivity contribution in [3.8, 4) is 6.07 Å². The van der Waals surface area contributed by atoms with Gasteiger partial charge in [0.15, 0.2) is 0 Å². The molecule has 1 aliphatic carbocycles. The maximum atomic E-state index is 9.62. The van der Waals surface area contributed by atoms with E-state index in [4.69, 9.17) is 0 Å². The Morgan fingerprint density at radius 3 is 2.91 bits per heavy atom. The number of nitriles is 1. The number of hydrogen-bond donors (Lipinski definition) is 2. The Balaban J connectivity index is 1.94. The van der Waals surface area contributed by atoms with E-state index in [1.807, 2.05) is 25.2 Å². The van der Waals surface area contributed by atoms with Gasteiger partial charge in [0.1, 0.15) is 11.6 Å². The Bertz CT molecular complexity index is 736. The highest BCUT2D eigenvalue weighted by molar-refractivity contribution is 9.11.